The summed E-state index contributed by atoms with van der Waals surface area (Å²) in [6.07, 6.45) is 0. The smallest absolute Gasteiger partial charge is 0.171 e. The average molecular weight is 481 g/mol. The number of hydrogen-bond acceptors (Lipinski definition) is 1. The van der Waals surface area contributed by atoms with Gasteiger partial charge in [-0.3, -0.25) is 0 Å². The second kappa shape index (κ2) is 10.4. The second-order valence-corrected chi connectivity index (χ2v) is 13.1. The number of hydrogen-bond donors (Lipinski definition) is 0. The van der Waals surface area contributed by atoms with Crippen LogP contribution in [0.5, 0.6) is 0 Å². The Morgan fingerprint density at radius 3 is 1.40 bits per heavy atom. The molecule has 0 aliphatic rings. The van der Waals surface area contributed by atoms with Crippen molar-refractivity contribution in [2.45, 2.75) is 59.3 Å². The molecule has 0 radical (unpaired) electrons. The molecule has 0 atom stereocenters. The van der Waals surface area contributed by atoms with Crippen molar-refractivity contribution in [3.8, 4) is 11.1 Å². The van der Waals surface area contributed by atoms with Gasteiger partial charge in [-0.1, -0.05) is 139 Å². The third-order valence-electron chi connectivity index (χ3n) is 6.88. The average Bonchev–Trinajstić information content (AvgIpc) is 2.88. The minimum absolute atomic E-state index is 0.349. The van der Waals surface area contributed by atoms with Crippen LogP contribution in [0.1, 0.15) is 76.0 Å². The lowest BCUT2D eigenvalue weighted by molar-refractivity contribution is 0.592. The fourth-order valence-electron chi connectivity index (χ4n) is 4.93. The molecule has 0 aliphatic carbocycles. The van der Waals surface area contributed by atoms with Gasteiger partial charge in [0.15, 0.2) is 7.14 Å². The zero-order valence-electron chi connectivity index (χ0n) is 21.8. The molecule has 0 unspecified atom stereocenters. The van der Waals surface area contributed by atoms with Gasteiger partial charge < -0.3 is 4.57 Å². The van der Waals surface area contributed by atoms with E-state index in [-0.39, 0.29) is 0 Å². The van der Waals surface area contributed by atoms with Crippen LogP contribution in [0.2, 0.25) is 0 Å². The summed E-state index contributed by atoms with van der Waals surface area (Å²) in [6.45, 7) is 13.6. The summed E-state index contributed by atoms with van der Waals surface area (Å²) in [5.41, 5.74) is 6.38. The molecular weight excluding hydrogens is 443 g/mol. The van der Waals surface area contributed by atoms with Gasteiger partial charge in [0.2, 0.25) is 0 Å². The molecule has 4 rings (SSSR count). The van der Waals surface area contributed by atoms with Gasteiger partial charge in [0.05, 0.1) is 0 Å². The third-order valence-corrected chi connectivity index (χ3v) is 10.0. The Kier molecular flexibility index (Phi) is 7.48. The van der Waals surface area contributed by atoms with E-state index >= 15 is 4.57 Å². The first kappa shape index (κ1) is 25.2. The molecule has 0 N–H and O–H groups in total. The van der Waals surface area contributed by atoms with Crippen molar-refractivity contribution in [3.63, 3.8) is 0 Å². The molecule has 0 bridgehead atoms. The molecule has 0 spiro atoms. The van der Waals surface area contributed by atoms with Crippen molar-refractivity contribution < 1.29 is 4.57 Å². The van der Waals surface area contributed by atoms with Gasteiger partial charge in [-0.25, -0.2) is 0 Å². The van der Waals surface area contributed by atoms with E-state index in [1.807, 2.05) is 66.7 Å². The summed E-state index contributed by atoms with van der Waals surface area (Å²) >= 11 is 0. The minimum Gasteiger partial charge on any atom is -0.309 e. The van der Waals surface area contributed by atoms with Crippen molar-refractivity contribution in [2.24, 2.45) is 0 Å². The third kappa shape index (κ3) is 4.80. The molecule has 180 valence electrons. The fraction of sp³-hybridized carbons (Fsp3) is 0.273. The molecule has 0 aromatic heterocycles. The maximum atomic E-state index is 15.3. The second-order valence-electron chi connectivity index (χ2n) is 10.3. The topological polar surface area (TPSA) is 17.1 Å². The lowest BCUT2D eigenvalue weighted by Crippen LogP contribution is -2.26. The van der Waals surface area contributed by atoms with Crippen LogP contribution < -0.4 is 15.9 Å². The minimum atomic E-state index is -3.11. The summed E-state index contributed by atoms with van der Waals surface area (Å²) in [7, 11) is -3.11. The first-order valence-corrected chi connectivity index (χ1v) is 14.4. The summed E-state index contributed by atoms with van der Waals surface area (Å²) < 4.78 is 15.3. The maximum absolute atomic E-state index is 15.3. The molecule has 35 heavy (non-hydrogen) atoms. The van der Waals surface area contributed by atoms with Crippen molar-refractivity contribution in [1.29, 1.82) is 0 Å². The van der Waals surface area contributed by atoms with Crippen LogP contribution >= 0.6 is 7.14 Å². The number of rotatable bonds is 7. The molecule has 4 aromatic carbocycles. The van der Waals surface area contributed by atoms with Crippen molar-refractivity contribution >= 4 is 23.1 Å². The van der Waals surface area contributed by atoms with E-state index in [4.69, 9.17) is 0 Å². The highest BCUT2D eigenvalue weighted by atomic mass is 31.2. The van der Waals surface area contributed by atoms with Gasteiger partial charge >= 0.3 is 0 Å². The highest BCUT2D eigenvalue weighted by molar-refractivity contribution is 7.85. The van der Waals surface area contributed by atoms with Crippen molar-refractivity contribution in [3.05, 3.63) is 114 Å². The van der Waals surface area contributed by atoms with Crippen LogP contribution in [-0.2, 0) is 4.57 Å². The monoisotopic (exact) mass is 480 g/mol. The summed E-state index contributed by atoms with van der Waals surface area (Å²) in [5, 5.41) is 2.66. The molecular formula is C33H37OP. The highest BCUT2D eigenvalue weighted by Crippen LogP contribution is 2.47. The Bertz CT molecular complexity index is 1260. The standard InChI is InChI=1S/C33H37OP/c1-23(2)26-21-30(24(3)4)33(31(22-26)25(5)6)29-19-13-14-20-32(29)35(34,27-15-9-7-10-16-27)28-17-11-8-12-18-28/h7-25H,1-6H3. The zero-order chi connectivity index (χ0) is 25.2. The van der Waals surface area contributed by atoms with E-state index < -0.39 is 7.14 Å². The van der Waals surface area contributed by atoms with Crippen LogP contribution in [0, 0.1) is 0 Å². The van der Waals surface area contributed by atoms with Crippen LogP contribution in [0.4, 0.5) is 0 Å². The molecule has 0 fully saturated rings. The Hall–Kier alpha value is -2.89. The first-order valence-electron chi connectivity index (χ1n) is 12.7. The molecule has 0 saturated carbocycles. The predicted molar refractivity (Wildman–Crippen MR) is 154 cm³/mol. The largest absolute Gasteiger partial charge is 0.309 e. The summed E-state index contributed by atoms with van der Waals surface area (Å²) in [5.74, 6) is 1.15. The highest BCUT2D eigenvalue weighted by Gasteiger charge is 2.33. The molecule has 0 heterocycles. The van der Waals surface area contributed by atoms with Gasteiger partial charge in [-0.05, 0) is 45.6 Å². The van der Waals surface area contributed by atoms with Gasteiger partial charge in [0.1, 0.15) is 0 Å². The molecule has 0 saturated heterocycles. The van der Waals surface area contributed by atoms with E-state index in [0.29, 0.717) is 17.8 Å². The van der Waals surface area contributed by atoms with E-state index in [9.17, 15) is 0 Å². The van der Waals surface area contributed by atoms with Gasteiger partial charge in [-0.2, -0.15) is 0 Å². The Balaban J connectivity index is 2.11. The Labute approximate surface area is 211 Å². The fourth-order valence-corrected chi connectivity index (χ4v) is 7.79. The molecule has 1 nitrogen and oxygen atoms in total. The SMILES string of the molecule is CC(C)c1cc(C(C)C)c(-c2ccccc2P(=O)(c2ccccc2)c2ccccc2)c(C(C)C)c1. The van der Waals surface area contributed by atoms with Crippen molar-refractivity contribution in [1.82, 2.24) is 0 Å². The van der Waals surface area contributed by atoms with Gasteiger partial charge in [-0.15, -0.1) is 0 Å². The molecule has 0 amide bonds. The van der Waals surface area contributed by atoms with Crippen LogP contribution in [0.25, 0.3) is 11.1 Å². The van der Waals surface area contributed by atoms with E-state index in [1.165, 1.54) is 22.3 Å². The van der Waals surface area contributed by atoms with E-state index in [0.717, 1.165) is 21.5 Å². The quantitative estimate of drug-likeness (QED) is 0.243. The van der Waals surface area contributed by atoms with Crippen LogP contribution in [0.3, 0.4) is 0 Å². The van der Waals surface area contributed by atoms with E-state index in [1.54, 1.807) is 0 Å². The van der Waals surface area contributed by atoms with Crippen LogP contribution in [0.15, 0.2) is 97.1 Å². The van der Waals surface area contributed by atoms with Crippen LogP contribution in [-0.4, -0.2) is 0 Å². The molecule has 2 heteroatoms. The predicted octanol–water partition coefficient (Wildman–Crippen LogP) is 8.36. The molecule has 0 aliphatic heterocycles. The Morgan fingerprint density at radius 2 is 0.971 bits per heavy atom. The van der Waals surface area contributed by atoms with Crippen molar-refractivity contribution in [2.75, 3.05) is 0 Å². The number of benzene rings is 4. The Morgan fingerprint density at radius 1 is 0.543 bits per heavy atom. The zero-order valence-corrected chi connectivity index (χ0v) is 22.7. The van der Waals surface area contributed by atoms with E-state index in [2.05, 4.69) is 71.9 Å². The maximum Gasteiger partial charge on any atom is 0.171 e. The normalized spacial score (nSPS) is 12.0. The van der Waals surface area contributed by atoms with Gasteiger partial charge in [0, 0.05) is 15.9 Å². The lowest BCUT2D eigenvalue weighted by atomic mass is 9.82. The molecule has 4 aromatic rings. The summed E-state index contributed by atoms with van der Waals surface area (Å²) in [4.78, 5) is 0. The lowest BCUT2D eigenvalue weighted by Gasteiger charge is -2.27. The first-order chi connectivity index (χ1) is 16.7. The van der Waals surface area contributed by atoms with Gasteiger partial charge in [0.25, 0.3) is 0 Å². The summed E-state index contributed by atoms with van der Waals surface area (Å²) in [6, 6.07) is 33.1.